The van der Waals surface area contributed by atoms with Crippen molar-refractivity contribution >= 4 is 13.6 Å². The molecule has 0 aliphatic carbocycles. The Morgan fingerprint density at radius 3 is 2.50 bits per heavy atom. The Balaban J connectivity index is 2.54. The summed E-state index contributed by atoms with van der Waals surface area (Å²) in [6.07, 6.45) is 2.76. The Bertz CT molecular complexity index is 243. The highest BCUT2D eigenvalue weighted by molar-refractivity contribution is 6.08. The molecule has 0 unspecified atom stereocenters. The van der Waals surface area contributed by atoms with Crippen LogP contribution in [-0.4, -0.2) is 13.6 Å². The second kappa shape index (κ2) is 4.76. The zero-order valence-corrected chi connectivity index (χ0v) is 7.42. The topological polar surface area (TPSA) is 17.1 Å². The summed E-state index contributed by atoms with van der Waals surface area (Å²) in [6.45, 7) is 0. The number of ketones is 1. The van der Waals surface area contributed by atoms with Crippen LogP contribution in [0.1, 0.15) is 23.2 Å². The van der Waals surface area contributed by atoms with Crippen molar-refractivity contribution in [2.24, 2.45) is 0 Å². The van der Waals surface area contributed by atoms with Gasteiger partial charge in [0.05, 0.1) is 0 Å². The van der Waals surface area contributed by atoms with E-state index in [2.05, 4.69) is 7.85 Å². The minimum absolute atomic E-state index is 0.262. The van der Waals surface area contributed by atoms with Crippen LogP contribution in [0.4, 0.5) is 0 Å². The van der Waals surface area contributed by atoms with Gasteiger partial charge >= 0.3 is 0 Å². The molecule has 62 valence electrons. The largest absolute Gasteiger partial charge is 0.294 e. The molecule has 0 aromatic heterocycles. The maximum absolute atomic E-state index is 11.4. The van der Waals surface area contributed by atoms with Crippen molar-refractivity contribution in [1.29, 1.82) is 0 Å². The van der Waals surface area contributed by atoms with E-state index in [1.807, 2.05) is 30.3 Å². The summed E-state index contributed by atoms with van der Waals surface area (Å²) in [5, 5.41) is 0. The molecule has 0 N–H and O–H groups in total. The van der Waals surface area contributed by atoms with Gasteiger partial charge in [0, 0.05) is 12.0 Å². The number of hydrogen-bond acceptors (Lipinski definition) is 1. The van der Waals surface area contributed by atoms with E-state index >= 15 is 0 Å². The first kappa shape index (κ1) is 9.05. The van der Waals surface area contributed by atoms with Crippen LogP contribution in [0.2, 0.25) is 6.32 Å². The molecule has 1 aromatic carbocycles. The molecule has 1 aromatic rings. The summed E-state index contributed by atoms with van der Waals surface area (Å²) in [4.78, 5) is 11.4. The molecule has 1 rings (SSSR count). The smallest absolute Gasteiger partial charge is 0.162 e. The highest BCUT2D eigenvalue weighted by Gasteiger charge is 2.02. The molecule has 0 atom stereocenters. The van der Waals surface area contributed by atoms with E-state index < -0.39 is 0 Å². The lowest BCUT2D eigenvalue weighted by atomic mass is 9.97. The van der Waals surface area contributed by atoms with Crippen LogP contribution >= 0.6 is 0 Å². The van der Waals surface area contributed by atoms with Crippen molar-refractivity contribution in [3.05, 3.63) is 35.9 Å². The first-order valence-electron chi connectivity index (χ1n) is 4.43. The highest BCUT2D eigenvalue weighted by Crippen LogP contribution is 2.05. The molecule has 0 spiro atoms. The first-order valence-corrected chi connectivity index (χ1v) is 4.43. The molecule has 0 aliphatic heterocycles. The third-order valence-corrected chi connectivity index (χ3v) is 1.85. The summed E-state index contributed by atoms with van der Waals surface area (Å²) in [5.41, 5.74) is 0.839. The van der Waals surface area contributed by atoms with E-state index in [9.17, 15) is 4.79 Å². The lowest BCUT2D eigenvalue weighted by Gasteiger charge is -1.97. The molecule has 0 bridgehead atoms. The number of carbonyl (C=O) groups is 1. The van der Waals surface area contributed by atoms with E-state index in [1.54, 1.807) is 0 Å². The van der Waals surface area contributed by atoms with Crippen molar-refractivity contribution in [2.75, 3.05) is 0 Å². The third kappa shape index (κ3) is 2.53. The fourth-order valence-electron chi connectivity index (χ4n) is 1.11. The fraction of sp³-hybridized carbons (Fsp3) is 0.300. The number of hydrogen-bond donors (Lipinski definition) is 0. The Labute approximate surface area is 74.2 Å². The van der Waals surface area contributed by atoms with E-state index in [4.69, 9.17) is 0 Å². The van der Waals surface area contributed by atoms with Gasteiger partial charge in [-0.25, -0.2) is 0 Å². The average molecular weight is 160 g/mol. The van der Waals surface area contributed by atoms with Gasteiger partial charge in [-0.05, 0) is 0 Å². The van der Waals surface area contributed by atoms with Crippen LogP contribution in [0.25, 0.3) is 0 Å². The lowest BCUT2D eigenvalue weighted by Crippen LogP contribution is -1.97. The van der Waals surface area contributed by atoms with Crippen LogP contribution in [0.15, 0.2) is 30.3 Å². The predicted octanol–water partition coefficient (Wildman–Crippen LogP) is 1.70. The van der Waals surface area contributed by atoms with Crippen LogP contribution in [0, 0.1) is 0 Å². The van der Waals surface area contributed by atoms with E-state index in [-0.39, 0.29) is 5.78 Å². The molecule has 12 heavy (non-hydrogen) atoms. The van der Waals surface area contributed by atoms with Crippen LogP contribution in [0.5, 0.6) is 0 Å². The molecule has 0 saturated carbocycles. The average Bonchev–Trinajstić information content (AvgIpc) is 2.15. The normalized spacial score (nSPS) is 9.67. The molecule has 2 heteroatoms. The van der Waals surface area contributed by atoms with Gasteiger partial charge in [0.25, 0.3) is 0 Å². The van der Waals surface area contributed by atoms with Crippen LogP contribution in [-0.2, 0) is 0 Å². The fourth-order valence-corrected chi connectivity index (χ4v) is 1.11. The van der Waals surface area contributed by atoms with Crippen molar-refractivity contribution in [1.82, 2.24) is 0 Å². The molecule has 0 heterocycles. The monoisotopic (exact) mass is 160 g/mol. The van der Waals surface area contributed by atoms with Gasteiger partial charge in [-0.1, -0.05) is 43.1 Å². The van der Waals surface area contributed by atoms with Crippen molar-refractivity contribution in [2.45, 2.75) is 19.2 Å². The van der Waals surface area contributed by atoms with Crippen molar-refractivity contribution in [3.8, 4) is 0 Å². The summed E-state index contributed by atoms with van der Waals surface area (Å²) in [6, 6.07) is 9.48. The SMILES string of the molecule is BCCCC(=O)c1ccccc1. The lowest BCUT2D eigenvalue weighted by molar-refractivity contribution is 0.0982. The van der Waals surface area contributed by atoms with E-state index in [0.717, 1.165) is 18.3 Å². The second-order valence-electron chi connectivity index (χ2n) is 2.89. The molecule has 0 radical (unpaired) electrons. The van der Waals surface area contributed by atoms with Gasteiger partial charge in [0.2, 0.25) is 0 Å². The van der Waals surface area contributed by atoms with Gasteiger partial charge in [-0.3, -0.25) is 4.79 Å². The zero-order chi connectivity index (χ0) is 8.81. The minimum Gasteiger partial charge on any atom is -0.294 e. The Morgan fingerprint density at radius 1 is 1.25 bits per heavy atom. The predicted molar refractivity (Wildman–Crippen MR) is 53.4 cm³/mol. The number of benzene rings is 1. The van der Waals surface area contributed by atoms with Crippen LogP contribution < -0.4 is 0 Å². The summed E-state index contributed by atoms with van der Waals surface area (Å²) in [5.74, 6) is 0.262. The molecular weight excluding hydrogens is 147 g/mol. The Kier molecular flexibility index (Phi) is 3.59. The second-order valence-corrected chi connectivity index (χ2v) is 2.89. The van der Waals surface area contributed by atoms with Gasteiger partial charge in [-0.15, -0.1) is 0 Å². The summed E-state index contributed by atoms with van der Waals surface area (Å²) in [7, 11) is 2.10. The van der Waals surface area contributed by atoms with Crippen LogP contribution in [0.3, 0.4) is 0 Å². The van der Waals surface area contributed by atoms with Crippen molar-refractivity contribution in [3.63, 3.8) is 0 Å². The number of carbonyl (C=O) groups excluding carboxylic acids is 1. The Morgan fingerprint density at radius 2 is 1.92 bits per heavy atom. The van der Waals surface area contributed by atoms with E-state index in [0.29, 0.717) is 6.42 Å². The minimum atomic E-state index is 0.262. The quantitative estimate of drug-likeness (QED) is 0.483. The zero-order valence-electron chi connectivity index (χ0n) is 7.42. The molecule has 0 amide bonds. The molecule has 1 nitrogen and oxygen atoms in total. The summed E-state index contributed by atoms with van der Waals surface area (Å²) >= 11 is 0. The van der Waals surface area contributed by atoms with Gasteiger partial charge in [0.1, 0.15) is 7.85 Å². The first-order chi connectivity index (χ1) is 5.84. The summed E-state index contributed by atoms with van der Waals surface area (Å²) < 4.78 is 0. The number of Topliss-reactive ketones (excluding diaryl/α,β-unsaturated/α-hetero) is 1. The van der Waals surface area contributed by atoms with E-state index in [1.165, 1.54) is 0 Å². The maximum Gasteiger partial charge on any atom is 0.162 e. The standard InChI is InChI=1S/C10H13BO/c11-8-4-7-10(12)9-5-2-1-3-6-9/h1-3,5-6H,4,7-8,11H2. The molecular formula is C10H13BO. The van der Waals surface area contributed by atoms with Gasteiger partial charge in [0.15, 0.2) is 5.78 Å². The molecule has 0 saturated heterocycles. The maximum atomic E-state index is 11.4. The van der Waals surface area contributed by atoms with Gasteiger partial charge < -0.3 is 0 Å². The van der Waals surface area contributed by atoms with Gasteiger partial charge in [-0.2, -0.15) is 0 Å². The number of rotatable bonds is 4. The molecule has 0 fully saturated rings. The highest BCUT2D eigenvalue weighted by atomic mass is 16.1. The Hall–Kier alpha value is -1.05. The van der Waals surface area contributed by atoms with Crippen molar-refractivity contribution < 1.29 is 4.79 Å². The molecule has 0 aliphatic rings. The third-order valence-electron chi connectivity index (χ3n) is 1.85.